The van der Waals surface area contributed by atoms with E-state index in [2.05, 4.69) is 25.2 Å². The highest BCUT2D eigenvalue weighted by atomic mass is 35.5. The molecule has 0 spiro atoms. The van der Waals surface area contributed by atoms with Gasteiger partial charge >= 0.3 is 0 Å². The van der Waals surface area contributed by atoms with Crippen LogP contribution in [0.1, 0.15) is 45.1 Å². The van der Waals surface area contributed by atoms with Crippen LogP contribution < -0.4 is 5.32 Å². The lowest BCUT2D eigenvalue weighted by atomic mass is 9.80. The predicted molar refractivity (Wildman–Crippen MR) is 78.9 cm³/mol. The van der Waals surface area contributed by atoms with Crippen molar-refractivity contribution in [3.8, 4) is 0 Å². The SMILES string of the molecule is CC(C)C1CCC(NCc2cccc(Cl)c2)CC1. The summed E-state index contributed by atoms with van der Waals surface area (Å²) in [5.41, 5.74) is 1.29. The lowest BCUT2D eigenvalue weighted by Gasteiger charge is -2.31. The molecule has 1 saturated carbocycles. The lowest BCUT2D eigenvalue weighted by Crippen LogP contribution is -2.33. The zero-order valence-electron chi connectivity index (χ0n) is 11.5. The lowest BCUT2D eigenvalue weighted by molar-refractivity contribution is 0.238. The van der Waals surface area contributed by atoms with Crippen molar-refractivity contribution in [2.24, 2.45) is 11.8 Å². The van der Waals surface area contributed by atoms with Gasteiger partial charge in [-0.05, 0) is 55.2 Å². The Morgan fingerprint density at radius 2 is 1.94 bits per heavy atom. The minimum atomic E-state index is 0.694. The van der Waals surface area contributed by atoms with Crippen LogP contribution in [0, 0.1) is 11.8 Å². The number of halogens is 1. The molecule has 0 atom stereocenters. The Labute approximate surface area is 116 Å². The summed E-state index contributed by atoms with van der Waals surface area (Å²) < 4.78 is 0. The fraction of sp³-hybridized carbons (Fsp3) is 0.625. The van der Waals surface area contributed by atoms with Crippen molar-refractivity contribution in [2.75, 3.05) is 0 Å². The van der Waals surface area contributed by atoms with Gasteiger partial charge in [-0.1, -0.05) is 37.6 Å². The summed E-state index contributed by atoms with van der Waals surface area (Å²) in [5, 5.41) is 4.50. The Morgan fingerprint density at radius 3 is 2.56 bits per heavy atom. The molecule has 0 heterocycles. The van der Waals surface area contributed by atoms with E-state index in [1.54, 1.807) is 0 Å². The number of hydrogen-bond acceptors (Lipinski definition) is 1. The van der Waals surface area contributed by atoms with Crippen LogP contribution in [0.2, 0.25) is 5.02 Å². The van der Waals surface area contributed by atoms with Crippen LogP contribution >= 0.6 is 11.6 Å². The van der Waals surface area contributed by atoms with Gasteiger partial charge in [0, 0.05) is 17.6 Å². The van der Waals surface area contributed by atoms with Gasteiger partial charge < -0.3 is 5.32 Å². The highest BCUT2D eigenvalue weighted by molar-refractivity contribution is 6.30. The van der Waals surface area contributed by atoms with Crippen molar-refractivity contribution in [3.63, 3.8) is 0 Å². The van der Waals surface area contributed by atoms with Crippen molar-refractivity contribution in [1.29, 1.82) is 0 Å². The average Bonchev–Trinajstić information content (AvgIpc) is 2.37. The first-order valence-electron chi connectivity index (χ1n) is 7.13. The molecule has 1 aromatic rings. The normalized spacial score (nSPS) is 24.4. The Balaban J connectivity index is 1.75. The van der Waals surface area contributed by atoms with Crippen molar-refractivity contribution >= 4 is 11.6 Å². The molecule has 0 bridgehead atoms. The molecule has 0 amide bonds. The molecule has 2 rings (SSSR count). The molecule has 1 nitrogen and oxygen atoms in total. The minimum absolute atomic E-state index is 0.694. The molecule has 0 radical (unpaired) electrons. The molecule has 2 heteroatoms. The molecule has 100 valence electrons. The summed E-state index contributed by atoms with van der Waals surface area (Å²) in [6.07, 6.45) is 5.41. The van der Waals surface area contributed by atoms with E-state index in [1.165, 1.54) is 31.2 Å². The number of hydrogen-bond donors (Lipinski definition) is 1. The van der Waals surface area contributed by atoms with Crippen LogP contribution in [0.4, 0.5) is 0 Å². The van der Waals surface area contributed by atoms with Crippen LogP contribution in [-0.4, -0.2) is 6.04 Å². The number of rotatable bonds is 4. The van der Waals surface area contributed by atoms with Gasteiger partial charge in [0.1, 0.15) is 0 Å². The maximum absolute atomic E-state index is 5.99. The van der Waals surface area contributed by atoms with E-state index in [9.17, 15) is 0 Å². The smallest absolute Gasteiger partial charge is 0.0409 e. The van der Waals surface area contributed by atoms with Gasteiger partial charge in [0.25, 0.3) is 0 Å². The summed E-state index contributed by atoms with van der Waals surface area (Å²) in [7, 11) is 0. The van der Waals surface area contributed by atoms with Crippen molar-refractivity contribution in [1.82, 2.24) is 5.32 Å². The van der Waals surface area contributed by atoms with Gasteiger partial charge in [0.15, 0.2) is 0 Å². The van der Waals surface area contributed by atoms with Gasteiger partial charge in [-0.15, -0.1) is 0 Å². The minimum Gasteiger partial charge on any atom is -0.310 e. The Kier molecular flexibility index (Phi) is 5.08. The first-order valence-corrected chi connectivity index (χ1v) is 7.51. The summed E-state index contributed by atoms with van der Waals surface area (Å²) >= 11 is 5.99. The third-order valence-corrected chi connectivity index (χ3v) is 4.43. The van der Waals surface area contributed by atoms with E-state index >= 15 is 0 Å². The average molecular weight is 266 g/mol. The zero-order chi connectivity index (χ0) is 13.0. The fourth-order valence-electron chi connectivity index (χ4n) is 2.90. The van der Waals surface area contributed by atoms with Crippen LogP contribution in [0.15, 0.2) is 24.3 Å². The molecular formula is C16H24ClN. The summed E-state index contributed by atoms with van der Waals surface area (Å²) in [5.74, 6) is 1.79. The number of benzene rings is 1. The molecule has 1 N–H and O–H groups in total. The molecule has 1 aliphatic carbocycles. The predicted octanol–water partition coefficient (Wildman–Crippen LogP) is 4.64. The molecule has 1 fully saturated rings. The Bertz CT molecular complexity index is 367. The third kappa shape index (κ3) is 4.00. The van der Waals surface area contributed by atoms with Gasteiger partial charge in [-0.25, -0.2) is 0 Å². The van der Waals surface area contributed by atoms with E-state index in [0.717, 1.165) is 23.4 Å². The van der Waals surface area contributed by atoms with E-state index in [0.29, 0.717) is 6.04 Å². The third-order valence-electron chi connectivity index (χ3n) is 4.20. The highest BCUT2D eigenvalue weighted by Gasteiger charge is 2.22. The fourth-order valence-corrected chi connectivity index (χ4v) is 3.11. The Morgan fingerprint density at radius 1 is 1.22 bits per heavy atom. The topological polar surface area (TPSA) is 12.0 Å². The standard InChI is InChI=1S/C16H24ClN/c1-12(2)14-6-8-16(9-7-14)18-11-13-4-3-5-15(17)10-13/h3-5,10,12,14,16,18H,6-9,11H2,1-2H3. The van der Waals surface area contributed by atoms with Crippen LogP contribution in [0.25, 0.3) is 0 Å². The van der Waals surface area contributed by atoms with Crippen molar-refractivity contribution in [3.05, 3.63) is 34.9 Å². The maximum Gasteiger partial charge on any atom is 0.0409 e. The van der Waals surface area contributed by atoms with Crippen LogP contribution in [0.3, 0.4) is 0 Å². The van der Waals surface area contributed by atoms with Crippen LogP contribution in [-0.2, 0) is 6.54 Å². The summed E-state index contributed by atoms with van der Waals surface area (Å²) in [6.45, 7) is 5.65. The van der Waals surface area contributed by atoms with Crippen molar-refractivity contribution in [2.45, 2.75) is 52.1 Å². The molecular weight excluding hydrogens is 242 g/mol. The molecule has 0 saturated heterocycles. The monoisotopic (exact) mass is 265 g/mol. The molecule has 0 aromatic heterocycles. The second kappa shape index (κ2) is 6.58. The van der Waals surface area contributed by atoms with E-state index in [4.69, 9.17) is 11.6 Å². The van der Waals surface area contributed by atoms with Gasteiger partial charge in [-0.2, -0.15) is 0 Å². The van der Waals surface area contributed by atoms with Crippen molar-refractivity contribution < 1.29 is 0 Å². The zero-order valence-corrected chi connectivity index (χ0v) is 12.2. The maximum atomic E-state index is 5.99. The molecule has 0 unspecified atom stereocenters. The summed E-state index contributed by atoms with van der Waals surface area (Å²) in [6, 6.07) is 8.83. The van der Waals surface area contributed by atoms with E-state index < -0.39 is 0 Å². The van der Waals surface area contributed by atoms with Gasteiger partial charge in [0.2, 0.25) is 0 Å². The number of nitrogens with one attached hydrogen (secondary N) is 1. The molecule has 1 aliphatic rings. The highest BCUT2D eigenvalue weighted by Crippen LogP contribution is 2.29. The molecule has 0 aliphatic heterocycles. The quantitative estimate of drug-likeness (QED) is 0.836. The largest absolute Gasteiger partial charge is 0.310 e. The molecule has 1 aromatic carbocycles. The first-order chi connectivity index (χ1) is 8.65. The molecule has 18 heavy (non-hydrogen) atoms. The van der Waals surface area contributed by atoms with Crippen LogP contribution in [0.5, 0.6) is 0 Å². The van der Waals surface area contributed by atoms with Gasteiger partial charge in [-0.3, -0.25) is 0 Å². The van der Waals surface area contributed by atoms with Gasteiger partial charge in [0.05, 0.1) is 0 Å². The second-order valence-electron chi connectivity index (χ2n) is 5.87. The Hall–Kier alpha value is -0.530. The second-order valence-corrected chi connectivity index (χ2v) is 6.30. The first kappa shape index (κ1) is 13.9. The van der Waals surface area contributed by atoms with E-state index in [-0.39, 0.29) is 0 Å². The van der Waals surface area contributed by atoms with E-state index in [1.807, 2.05) is 18.2 Å². The summed E-state index contributed by atoms with van der Waals surface area (Å²) in [4.78, 5) is 0.